The molecule has 0 saturated heterocycles. The second-order valence-corrected chi connectivity index (χ2v) is 2.04. The minimum Gasteiger partial charge on any atom is -1.00 e. The summed E-state index contributed by atoms with van der Waals surface area (Å²) in [5.41, 5.74) is 0. The first kappa shape index (κ1) is 13.1. The van der Waals surface area contributed by atoms with Crippen LogP contribution in [-0.2, 0) is 9.36 Å². The van der Waals surface area contributed by atoms with Crippen LogP contribution < -0.4 is 29.6 Å². The third kappa shape index (κ3) is 4.33. The molecule has 0 fully saturated rings. The minimum absolute atomic E-state index is 0. The molecule has 3 N–H and O–H groups in total. The van der Waals surface area contributed by atoms with Crippen molar-refractivity contribution in [1.29, 1.82) is 0 Å². The topological polar surface area (TPSA) is 94.8 Å². The van der Waals surface area contributed by atoms with Crippen molar-refractivity contribution >= 4 is 14.4 Å². The van der Waals surface area contributed by atoms with Crippen molar-refractivity contribution < 1.29 is 55.7 Å². The van der Waals surface area contributed by atoms with Crippen LogP contribution in [0.1, 0.15) is 1.43 Å². The molecule has 0 spiro atoms. The summed E-state index contributed by atoms with van der Waals surface area (Å²) >= 11 is 0. The zero-order valence-electron chi connectivity index (χ0n) is 6.26. The molecule has 0 aromatic carbocycles. The zero-order chi connectivity index (χ0) is 7.44. The van der Waals surface area contributed by atoms with Gasteiger partial charge in [-0.1, -0.05) is 0 Å². The van der Waals surface area contributed by atoms with E-state index in [4.69, 9.17) is 15.3 Å². The van der Waals surface area contributed by atoms with Crippen LogP contribution in [0.5, 0.6) is 0 Å². The van der Waals surface area contributed by atoms with Gasteiger partial charge in [0.15, 0.2) is 20.4 Å². The number of carboxylic acids is 1. The summed E-state index contributed by atoms with van der Waals surface area (Å²) < 4.78 is 9.67. The molecule has 0 aromatic rings. The summed E-state index contributed by atoms with van der Waals surface area (Å²) in [7, 11) is -0.792. The summed E-state index contributed by atoms with van der Waals surface area (Å²) in [6, 6.07) is 0. The van der Waals surface area contributed by atoms with Crippen LogP contribution in [0.25, 0.3) is 0 Å². The van der Waals surface area contributed by atoms with Crippen molar-refractivity contribution in [2.24, 2.45) is 0 Å². The summed E-state index contributed by atoms with van der Waals surface area (Å²) in [5, 5.41) is 24.6. The number of aliphatic hydroxyl groups excluding tert-OH is 2. The van der Waals surface area contributed by atoms with Crippen LogP contribution in [0.4, 0.5) is 0 Å². The molecule has 0 aliphatic rings. The Morgan fingerprint density at radius 2 is 1.90 bits per heavy atom. The molecule has 0 amide bonds. The smallest absolute Gasteiger partial charge is 1.00 e. The van der Waals surface area contributed by atoms with Crippen LogP contribution in [-0.4, -0.2) is 33.2 Å². The SMILES string of the molecule is O=PC(O)C(O)C(=O)O.[H-].[Na+]. The van der Waals surface area contributed by atoms with Crippen LogP contribution >= 0.6 is 8.46 Å². The summed E-state index contributed by atoms with van der Waals surface area (Å²) in [5.74, 6) is -3.33. The van der Waals surface area contributed by atoms with Crippen LogP contribution in [0.15, 0.2) is 0 Å². The number of aliphatic hydroxyl groups is 2. The molecule has 0 aliphatic heterocycles. The van der Waals surface area contributed by atoms with E-state index in [9.17, 15) is 9.36 Å². The molecule has 7 heteroatoms. The first-order valence-corrected chi connectivity index (χ1v) is 2.89. The Balaban J connectivity index is -0.000000320. The van der Waals surface area contributed by atoms with Gasteiger partial charge in [-0.25, -0.2) is 4.79 Å². The zero-order valence-corrected chi connectivity index (χ0v) is 8.15. The van der Waals surface area contributed by atoms with Crippen molar-refractivity contribution in [1.82, 2.24) is 0 Å². The van der Waals surface area contributed by atoms with E-state index in [0.717, 1.165) is 0 Å². The standard InChI is InChI=1S/C3H5O5P.Na.H/c4-1(2(5)6)3(7)9-8;;/h1,3-4,7H,(H,5,6);;/q;+1;-1. The molecular weight excluding hydrogens is 170 g/mol. The van der Waals surface area contributed by atoms with Crippen LogP contribution in [0, 0.1) is 0 Å². The van der Waals surface area contributed by atoms with E-state index in [-0.39, 0.29) is 31.0 Å². The van der Waals surface area contributed by atoms with E-state index < -0.39 is 26.4 Å². The van der Waals surface area contributed by atoms with E-state index in [1.807, 2.05) is 0 Å². The van der Waals surface area contributed by atoms with Gasteiger partial charge in [0.25, 0.3) is 0 Å². The Morgan fingerprint density at radius 3 is 2.00 bits per heavy atom. The fourth-order valence-corrected chi connectivity index (χ4v) is 0.428. The van der Waals surface area contributed by atoms with Crippen molar-refractivity contribution in [3.8, 4) is 0 Å². The molecule has 2 atom stereocenters. The third-order valence-corrected chi connectivity index (χ3v) is 1.14. The van der Waals surface area contributed by atoms with Gasteiger partial charge in [-0.2, -0.15) is 0 Å². The number of rotatable bonds is 3. The molecule has 0 aliphatic carbocycles. The van der Waals surface area contributed by atoms with Gasteiger partial charge in [0, 0.05) is 0 Å². The molecule has 5 nitrogen and oxygen atoms in total. The number of aliphatic carboxylic acids is 1. The van der Waals surface area contributed by atoms with E-state index in [1.54, 1.807) is 0 Å². The van der Waals surface area contributed by atoms with Crippen molar-refractivity contribution in [2.75, 3.05) is 0 Å². The second-order valence-electron chi connectivity index (χ2n) is 1.30. The number of hydrogen-bond acceptors (Lipinski definition) is 4. The summed E-state index contributed by atoms with van der Waals surface area (Å²) in [6.45, 7) is 0. The average Bonchev–Trinajstić information content (AvgIpc) is 1.84. The summed E-state index contributed by atoms with van der Waals surface area (Å²) in [4.78, 5) is 9.75. The fourth-order valence-electron chi connectivity index (χ4n) is 0.185. The van der Waals surface area contributed by atoms with Gasteiger partial charge in [-0.05, 0) is 0 Å². The van der Waals surface area contributed by atoms with Crippen molar-refractivity contribution in [3.63, 3.8) is 0 Å². The Labute approximate surface area is 82.0 Å². The monoisotopic (exact) mass is 176 g/mol. The maximum Gasteiger partial charge on any atom is 1.00 e. The average molecular weight is 176 g/mol. The van der Waals surface area contributed by atoms with Gasteiger partial charge in [0.05, 0.1) is 0 Å². The molecule has 2 unspecified atom stereocenters. The Kier molecular flexibility index (Phi) is 8.15. The summed E-state index contributed by atoms with van der Waals surface area (Å²) in [6.07, 6.45) is -1.97. The van der Waals surface area contributed by atoms with Gasteiger partial charge < -0.3 is 16.7 Å². The maximum absolute atomic E-state index is 9.75. The quantitative estimate of drug-likeness (QED) is 0.302. The Hall–Kier alpha value is 0.490. The molecule has 0 saturated carbocycles. The molecule has 0 rings (SSSR count). The Bertz CT molecular complexity index is 133. The normalized spacial score (nSPS) is 15.4. The van der Waals surface area contributed by atoms with Gasteiger partial charge >= 0.3 is 35.5 Å². The molecule has 0 heterocycles. The number of carboxylic acid groups (broad SMARTS) is 1. The molecule has 0 radical (unpaired) electrons. The van der Waals surface area contributed by atoms with Gasteiger partial charge in [0.2, 0.25) is 0 Å². The number of hydrogen-bond donors (Lipinski definition) is 3. The molecule has 10 heavy (non-hydrogen) atoms. The predicted octanol–water partition coefficient (Wildman–Crippen LogP) is -3.84. The number of carbonyl (C=O) groups is 1. The first-order chi connectivity index (χ1) is 4.09. The predicted molar refractivity (Wildman–Crippen MR) is 28.4 cm³/mol. The van der Waals surface area contributed by atoms with E-state index in [2.05, 4.69) is 0 Å². The van der Waals surface area contributed by atoms with Crippen LogP contribution in [0.2, 0.25) is 0 Å². The molecular formula is C3H6NaO5P. The van der Waals surface area contributed by atoms with E-state index in [1.165, 1.54) is 0 Å². The van der Waals surface area contributed by atoms with E-state index in [0.29, 0.717) is 0 Å². The van der Waals surface area contributed by atoms with Crippen LogP contribution in [0.3, 0.4) is 0 Å². The fraction of sp³-hybridized carbons (Fsp3) is 0.667. The maximum atomic E-state index is 9.75. The van der Waals surface area contributed by atoms with E-state index >= 15 is 0 Å². The molecule has 54 valence electrons. The molecule has 0 bridgehead atoms. The largest absolute Gasteiger partial charge is 1.00 e. The van der Waals surface area contributed by atoms with Gasteiger partial charge in [-0.15, -0.1) is 0 Å². The minimum atomic E-state index is -1.97. The first-order valence-electron chi connectivity index (χ1n) is 2.01. The Morgan fingerprint density at radius 1 is 1.50 bits per heavy atom. The van der Waals surface area contributed by atoms with Gasteiger partial charge in [-0.3, -0.25) is 4.57 Å². The van der Waals surface area contributed by atoms with Crippen molar-refractivity contribution in [3.05, 3.63) is 0 Å². The third-order valence-electron chi connectivity index (χ3n) is 0.643. The van der Waals surface area contributed by atoms with Crippen molar-refractivity contribution in [2.45, 2.75) is 11.9 Å². The molecule has 0 aromatic heterocycles. The van der Waals surface area contributed by atoms with Gasteiger partial charge in [0.1, 0.15) is 0 Å². The second kappa shape index (κ2) is 6.22.